The molecule has 0 aliphatic rings. The van der Waals surface area contributed by atoms with Crippen molar-refractivity contribution in [3.63, 3.8) is 0 Å². The van der Waals surface area contributed by atoms with Crippen molar-refractivity contribution in [3.8, 4) is 5.75 Å². The molecule has 0 atom stereocenters. The Labute approximate surface area is 119 Å². The zero-order valence-corrected chi connectivity index (χ0v) is 12.7. The van der Waals surface area contributed by atoms with Crippen LogP contribution in [0.1, 0.15) is 25.1 Å². The van der Waals surface area contributed by atoms with E-state index >= 15 is 0 Å². The molecule has 20 heavy (non-hydrogen) atoms. The van der Waals surface area contributed by atoms with Gasteiger partial charge in [-0.1, -0.05) is 0 Å². The van der Waals surface area contributed by atoms with Crippen molar-refractivity contribution < 1.29 is 9.64 Å². The van der Waals surface area contributed by atoms with Crippen molar-refractivity contribution in [2.24, 2.45) is 0 Å². The van der Waals surface area contributed by atoms with Gasteiger partial charge in [-0.2, -0.15) is 0 Å². The minimum absolute atomic E-state index is 0.120. The number of pyridine rings is 1. The number of hydrogen-bond donors (Lipinski definition) is 2. The number of rotatable bonds is 5. The van der Waals surface area contributed by atoms with Crippen LogP contribution in [0.15, 0.2) is 23.0 Å². The van der Waals surface area contributed by atoms with Crippen molar-refractivity contribution in [2.75, 3.05) is 20.2 Å². The van der Waals surface area contributed by atoms with Crippen LogP contribution in [0.4, 0.5) is 0 Å². The molecule has 2 rings (SSSR count). The number of benzene rings is 1. The second kappa shape index (κ2) is 6.09. The zero-order chi connectivity index (χ0) is 14.7. The lowest BCUT2D eigenvalue weighted by Gasteiger charge is -2.16. The molecule has 0 bridgehead atoms. The van der Waals surface area contributed by atoms with Gasteiger partial charge in [0, 0.05) is 16.6 Å². The standard InChI is InChI=1S/C16H22N2O2/c1-5-18(6-2)10-14-11(3)17-15-8-7-12(20-4)9-13(15)16(14)19/h7-9H,5-6,10H2,1-4H3,(H,17,19)/p+1. The maximum absolute atomic E-state index is 12.7. The summed E-state index contributed by atoms with van der Waals surface area (Å²) in [7, 11) is 1.62. The van der Waals surface area contributed by atoms with E-state index < -0.39 is 0 Å². The van der Waals surface area contributed by atoms with E-state index in [-0.39, 0.29) is 5.43 Å². The maximum atomic E-state index is 12.7. The molecule has 4 nitrogen and oxygen atoms in total. The van der Waals surface area contributed by atoms with E-state index in [9.17, 15) is 4.79 Å². The van der Waals surface area contributed by atoms with E-state index in [1.165, 1.54) is 4.90 Å². The van der Waals surface area contributed by atoms with E-state index in [0.717, 1.165) is 36.4 Å². The molecular weight excluding hydrogens is 252 g/mol. The second-order valence-corrected chi connectivity index (χ2v) is 5.10. The molecule has 1 aromatic heterocycles. The van der Waals surface area contributed by atoms with Crippen LogP contribution in [0.2, 0.25) is 0 Å². The smallest absolute Gasteiger partial charge is 0.198 e. The molecule has 0 radical (unpaired) electrons. The molecule has 2 aromatic rings. The molecule has 108 valence electrons. The predicted molar refractivity (Wildman–Crippen MR) is 81.6 cm³/mol. The lowest BCUT2D eigenvalue weighted by molar-refractivity contribution is -0.910. The number of fused-ring (bicyclic) bond motifs is 1. The number of methoxy groups -OCH3 is 1. The van der Waals surface area contributed by atoms with E-state index in [4.69, 9.17) is 4.74 Å². The molecule has 0 amide bonds. The summed E-state index contributed by atoms with van der Waals surface area (Å²) in [6.07, 6.45) is 0. The zero-order valence-electron chi connectivity index (χ0n) is 12.7. The normalized spacial score (nSPS) is 11.2. The lowest BCUT2D eigenvalue weighted by Crippen LogP contribution is -3.10. The fourth-order valence-electron chi connectivity index (χ4n) is 2.52. The first kappa shape index (κ1) is 14.6. The van der Waals surface area contributed by atoms with E-state index in [0.29, 0.717) is 11.1 Å². The van der Waals surface area contributed by atoms with Gasteiger partial charge in [-0.05, 0) is 39.0 Å². The Balaban J connectivity index is 2.57. The first-order valence-electron chi connectivity index (χ1n) is 7.13. The molecule has 0 spiro atoms. The summed E-state index contributed by atoms with van der Waals surface area (Å²) < 4.78 is 5.21. The van der Waals surface area contributed by atoms with Crippen LogP contribution in [-0.2, 0) is 6.54 Å². The minimum atomic E-state index is 0.120. The lowest BCUT2D eigenvalue weighted by atomic mass is 10.1. The van der Waals surface area contributed by atoms with E-state index in [1.807, 2.05) is 25.1 Å². The quantitative estimate of drug-likeness (QED) is 0.863. The van der Waals surface area contributed by atoms with Crippen molar-refractivity contribution in [1.29, 1.82) is 0 Å². The highest BCUT2D eigenvalue weighted by Crippen LogP contribution is 2.17. The number of aromatic nitrogens is 1. The van der Waals surface area contributed by atoms with Gasteiger partial charge in [-0.3, -0.25) is 4.79 Å². The maximum Gasteiger partial charge on any atom is 0.198 e. The molecule has 0 fully saturated rings. The third-order valence-corrected chi connectivity index (χ3v) is 3.95. The molecule has 0 aliphatic heterocycles. The third kappa shape index (κ3) is 2.70. The number of H-pyrrole nitrogens is 1. The summed E-state index contributed by atoms with van der Waals surface area (Å²) in [5.41, 5.74) is 2.83. The highest BCUT2D eigenvalue weighted by Gasteiger charge is 2.14. The molecule has 4 heteroatoms. The summed E-state index contributed by atoms with van der Waals surface area (Å²) in [5.74, 6) is 0.716. The molecule has 0 unspecified atom stereocenters. The largest absolute Gasteiger partial charge is 0.497 e. The highest BCUT2D eigenvalue weighted by atomic mass is 16.5. The Morgan fingerprint density at radius 2 is 1.95 bits per heavy atom. The van der Waals surface area contributed by atoms with Crippen molar-refractivity contribution in [1.82, 2.24) is 4.98 Å². The second-order valence-electron chi connectivity index (χ2n) is 5.10. The van der Waals surface area contributed by atoms with Gasteiger partial charge in [0.1, 0.15) is 12.3 Å². The van der Waals surface area contributed by atoms with Gasteiger partial charge >= 0.3 is 0 Å². The summed E-state index contributed by atoms with van der Waals surface area (Å²) in [6, 6.07) is 5.58. The first-order valence-corrected chi connectivity index (χ1v) is 7.13. The Morgan fingerprint density at radius 3 is 2.55 bits per heavy atom. The number of aromatic amines is 1. The van der Waals surface area contributed by atoms with Crippen LogP contribution in [-0.4, -0.2) is 25.2 Å². The topological polar surface area (TPSA) is 46.5 Å². The SMILES string of the molecule is CC[NH+](CC)Cc1c(C)[nH]c2ccc(OC)cc2c1=O. The highest BCUT2D eigenvalue weighted by molar-refractivity contribution is 5.81. The summed E-state index contributed by atoms with van der Waals surface area (Å²) >= 11 is 0. The molecule has 0 saturated heterocycles. The van der Waals surface area contributed by atoms with Gasteiger partial charge in [0.25, 0.3) is 0 Å². The van der Waals surface area contributed by atoms with Crippen molar-refractivity contribution in [2.45, 2.75) is 27.3 Å². The van der Waals surface area contributed by atoms with Crippen LogP contribution in [0.5, 0.6) is 5.75 Å². The number of nitrogens with one attached hydrogen (secondary N) is 2. The van der Waals surface area contributed by atoms with Crippen LogP contribution in [0.25, 0.3) is 10.9 Å². The fourth-order valence-corrected chi connectivity index (χ4v) is 2.52. The number of hydrogen-bond acceptors (Lipinski definition) is 2. The van der Waals surface area contributed by atoms with Gasteiger partial charge in [0.2, 0.25) is 0 Å². The minimum Gasteiger partial charge on any atom is -0.497 e. The Kier molecular flexibility index (Phi) is 4.45. The Morgan fingerprint density at radius 1 is 1.25 bits per heavy atom. The van der Waals surface area contributed by atoms with Crippen molar-refractivity contribution in [3.05, 3.63) is 39.7 Å². The van der Waals surface area contributed by atoms with Gasteiger partial charge in [-0.15, -0.1) is 0 Å². The molecule has 0 aliphatic carbocycles. The average molecular weight is 275 g/mol. The van der Waals surface area contributed by atoms with Crippen LogP contribution < -0.4 is 15.1 Å². The fraction of sp³-hybridized carbons (Fsp3) is 0.438. The number of ether oxygens (including phenoxy) is 1. The summed E-state index contributed by atoms with van der Waals surface area (Å²) in [6.45, 7) is 9.07. The molecular formula is C16H23N2O2+. The van der Waals surface area contributed by atoms with E-state index in [2.05, 4.69) is 18.8 Å². The van der Waals surface area contributed by atoms with Crippen LogP contribution >= 0.6 is 0 Å². The van der Waals surface area contributed by atoms with Crippen LogP contribution in [0, 0.1) is 6.92 Å². The Bertz CT molecular complexity index is 657. The third-order valence-electron chi connectivity index (χ3n) is 3.95. The van der Waals surface area contributed by atoms with Crippen LogP contribution in [0.3, 0.4) is 0 Å². The molecule has 0 saturated carbocycles. The van der Waals surface area contributed by atoms with E-state index in [1.54, 1.807) is 7.11 Å². The van der Waals surface area contributed by atoms with Gasteiger partial charge in [-0.25, -0.2) is 0 Å². The number of quaternary nitrogens is 1. The summed E-state index contributed by atoms with van der Waals surface area (Å²) in [5, 5.41) is 0.705. The molecule has 1 aromatic carbocycles. The predicted octanol–water partition coefficient (Wildman–Crippen LogP) is 1.27. The molecule has 1 heterocycles. The summed E-state index contributed by atoms with van der Waals surface area (Å²) in [4.78, 5) is 17.4. The average Bonchev–Trinajstić information content (AvgIpc) is 2.47. The monoisotopic (exact) mass is 275 g/mol. The number of aryl methyl sites for hydroxylation is 1. The van der Waals surface area contributed by atoms with Crippen molar-refractivity contribution >= 4 is 10.9 Å². The van der Waals surface area contributed by atoms with Gasteiger partial charge in [0.05, 0.1) is 25.8 Å². The molecule has 2 N–H and O–H groups in total. The van der Waals surface area contributed by atoms with Gasteiger partial charge in [0.15, 0.2) is 5.43 Å². The Hall–Kier alpha value is -1.81. The van der Waals surface area contributed by atoms with Gasteiger partial charge < -0.3 is 14.6 Å². The first-order chi connectivity index (χ1) is 9.60.